The second-order valence-corrected chi connectivity index (χ2v) is 3.87. The second-order valence-electron chi connectivity index (χ2n) is 3.87. The van der Waals surface area contributed by atoms with Gasteiger partial charge < -0.3 is 9.52 Å². The Morgan fingerprint density at radius 2 is 1.72 bits per heavy atom. The number of nitrogens with zero attached hydrogens (tertiary/aromatic N) is 1. The summed E-state index contributed by atoms with van der Waals surface area (Å²) in [6.07, 6.45) is 3.36. The van der Waals surface area contributed by atoms with Gasteiger partial charge in [-0.2, -0.15) is 4.57 Å². The van der Waals surface area contributed by atoms with Gasteiger partial charge in [-0.1, -0.05) is 18.2 Å². The van der Waals surface area contributed by atoms with Crippen LogP contribution in [0.2, 0.25) is 0 Å². The molecule has 4 heteroatoms. The molecule has 88 valence electrons. The minimum absolute atomic E-state index is 0.0712. The second kappa shape index (κ2) is 4.00. The number of aromatic hydroxyl groups is 1. The maximum atomic E-state index is 11.9. The van der Waals surface area contributed by atoms with E-state index in [1.807, 2.05) is 6.07 Å². The molecule has 3 aromatic rings. The smallest absolute Gasteiger partial charge is 0.413 e. The lowest BCUT2D eigenvalue weighted by Crippen LogP contribution is -2.35. The maximum Gasteiger partial charge on any atom is 0.413 e. The molecule has 0 unspecified atom stereocenters. The Labute approximate surface area is 102 Å². The standard InChI is InChI=1S/C14H9NO3/c16-13-10-6-2-3-7-11(10)18-14(17)12(13)15-8-4-1-5-9-15/h1-9H/p+1. The SMILES string of the molecule is O=c1oc2ccccc2c(O)c1-[n+]1ccccc1. The highest BCUT2D eigenvalue weighted by Gasteiger charge is 2.21. The zero-order valence-corrected chi connectivity index (χ0v) is 9.41. The van der Waals surface area contributed by atoms with Gasteiger partial charge in [0.05, 0.1) is 5.39 Å². The van der Waals surface area contributed by atoms with Crippen LogP contribution in [0.1, 0.15) is 0 Å². The van der Waals surface area contributed by atoms with Crippen molar-refractivity contribution in [3.8, 4) is 11.4 Å². The average Bonchev–Trinajstić information content (AvgIpc) is 2.40. The quantitative estimate of drug-likeness (QED) is 0.521. The van der Waals surface area contributed by atoms with Gasteiger partial charge in [0.15, 0.2) is 12.4 Å². The van der Waals surface area contributed by atoms with Crippen LogP contribution >= 0.6 is 0 Å². The van der Waals surface area contributed by atoms with Crippen LogP contribution in [-0.2, 0) is 0 Å². The molecule has 1 N–H and O–H groups in total. The van der Waals surface area contributed by atoms with Crippen LogP contribution in [0.4, 0.5) is 0 Å². The normalized spacial score (nSPS) is 10.7. The highest BCUT2D eigenvalue weighted by atomic mass is 16.4. The third kappa shape index (κ3) is 1.55. The zero-order valence-electron chi connectivity index (χ0n) is 9.41. The summed E-state index contributed by atoms with van der Waals surface area (Å²) in [5, 5.41) is 10.7. The fraction of sp³-hybridized carbons (Fsp3) is 0. The average molecular weight is 240 g/mol. The third-order valence-corrected chi connectivity index (χ3v) is 2.74. The highest BCUT2D eigenvalue weighted by Crippen LogP contribution is 2.25. The molecule has 3 rings (SSSR count). The first-order valence-electron chi connectivity index (χ1n) is 5.49. The van der Waals surface area contributed by atoms with Crippen molar-refractivity contribution in [3.63, 3.8) is 0 Å². The molecule has 0 amide bonds. The highest BCUT2D eigenvalue weighted by molar-refractivity contribution is 5.85. The predicted octanol–water partition coefficient (Wildman–Crippen LogP) is 1.78. The van der Waals surface area contributed by atoms with E-state index in [1.54, 1.807) is 48.8 Å². The Hall–Kier alpha value is -2.62. The van der Waals surface area contributed by atoms with E-state index in [2.05, 4.69) is 0 Å². The fourth-order valence-electron chi connectivity index (χ4n) is 1.90. The number of hydrogen-bond donors (Lipinski definition) is 1. The van der Waals surface area contributed by atoms with Crippen LogP contribution in [0.5, 0.6) is 5.75 Å². The van der Waals surface area contributed by atoms with Gasteiger partial charge in [-0.25, -0.2) is 4.79 Å². The molecule has 0 fully saturated rings. The monoisotopic (exact) mass is 240 g/mol. The van der Waals surface area contributed by atoms with Crippen molar-refractivity contribution in [1.29, 1.82) is 0 Å². The van der Waals surface area contributed by atoms with E-state index in [9.17, 15) is 9.90 Å². The molecular weight excluding hydrogens is 230 g/mol. The molecule has 1 aromatic carbocycles. The van der Waals surface area contributed by atoms with Gasteiger partial charge in [0.2, 0.25) is 5.75 Å². The van der Waals surface area contributed by atoms with Gasteiger partial charge in [-0.15, -0.1) is 0 Å². The molecule has 0 saturated heterocycles. The summed E-state index contributed by atoms with van der Waals surface area (Å²) in [7, 11) is 0. The molecular formula is C14H10NO3+. The Bertz CT molecular complexity index is 763. The minimum Gasteiger partial charge on any atom is -0.502 e. The predicted molar refractivity (Wildman–Crippen MR) is 65.7 cm³/mol. The molecule has 0 spiro atoms. The first-order valence-corrected chi connectivity index (χ1v) is 5.49. The van der Waals surface area contributed by atoms with E-state index in [4.69, 9.17) is 4.42 Å². The van der Waals surface area contributed by atoms with Crippen LogP contribution in [0, 0.1) is 0 Å². The summed E-state index contributed by atoms with van der Waals surface area (Å²) in [6, 6.07) is 12.3. The van der Waals surface area contributed by atoms with Crippen molar-refractivity contribution >= 4 is 11.0 Å². The van der Waals surface area contributed by atoms with Gasteiger partial charge >= 0.3 is 11.3 Å². The third-order valence-electron chi connectivity index (χ3n) is 2.74. The summed E-state index contributed by atoms with van der Waals surface area (Å²) in [5.41, 5.74) is -0.0722. The van der Waals surface area contributed by atoms with Crippen molar-refractivity contribution in [2.45, 2.75) is 0 Å². The Morgan fingerprint density at radius 1 is 1.00 bits per heavy atom. The van der Waals surface area contributed by atoms with Crippen LogP contribution in [0.25, 0.3) is 16.7 Å². The molecule has 2 heterocycles. The molecule has 0 atom stereocenters. The van der Waals surface area contributed by atoms with Crippen LogP contribution in [0.3, 0.4) is 0 Å². The number of fused-ring (bicyclic) bond motifs is 1. The van der Waals surface area contributed by atoms with E-state index in [-0.39, 0.29) is 11.4 Å². The number of pyridine rings is 1. The van der Waals surface area contributed by atoms with E-state index in [0.717, 1.165) is 0 Å². The fourth-order valence-corrected chi connectivity index (χ4v) is 1.90. The lowest BCUT2D eigenvalue weighted by atomic mass is 10.2. The van der Waals surface area contributed by atoms with Gasteiger partial charge in [0.1, 0.15) is 5.58 Å². The number of aromatic nitrogens is 1. The molecule has 0 aliphatic rings. The summed E-state index contributed by atoms with van der Waals surface area (Å²) in [5.74, 6) is -0.0712. The van der Waals surface area contributed by atoms with Gasteiger partial charge in [0, 0.05) is 12.1 Å². The summed E-state index contributed by atoms with van der Waals surface area (Å²) < 4.78 is 6.73. The lowest BCUT2D eigenvalue weighted by molar-refractivity contribution is -0.598. The minimum atomic E-state index is -0.567. The first-order chi connectivity index (χ1) is 8.77. The molecule has 18 heavy (non-hydrogen) atoms. The summed E-state index contributed by atoms with van der Waals surface area (Å²) >= 11 is 0. The van der Waals surface area contributed by atoms with Gasteiger partial charge in [-0.3, -0.25) is 0 Å². The van der Waals surface area contributed by atoms with Crippen molar-refractivity contribution in [2.75, 3.05) is 0 Å². The number of benzene rings is 1. The molecule has 0 radical (unpaired) electrons. The molecule has 0 saturated carbocycles. The first kappa shape index (κ1) is 10.5. The van der Waals surface area contributed by atoms with Crippen molar-refractivity contribution in [2.24, 2.45) is 0 Å². The van der Waals surface area contributed by atoms with Crippen LogP contribution < -0.4 is 10.2 Å². The van der Waals surface area contributed by atoms with Crippen LogP contribution in [-0.4, -0.2) is 5.11 Å². The lowest BCUT2D eigenvalue weighted by Gasteiger charge is -2.01. The molecule has 0 aliphatic heterocycles. The maximum absolute atomic E-state index is 11.9. The van der Waals surface area contributed by atoms with Crippen molar-refractivity contribution in [3.05, 3.63) is 65.3 Å². The van der Waals surface area contributed by atoms with E-state index >= 15 is 0 Å². The largest absolute Gasteiger partial charge is 0.502 e. The summed E-state index contributed by atoms with van der Waals surface area (Å²) in [6.45, 7) is 0. The van der Waals surface area contributed by atoms with Crippen molar-refractivity contribution in [1.82, 2.24) is 0 Å². The Morgan fingerprint density at radius 3 is 2.50 bits per heavy atom. The Balaban J connectivity index is 2.41. The Kier molecular flexibility index (Phi) is 2.34. The van der Waals surface area contributed by atoms with Crippen LogP contribution in [0.15, 0.2) is 64.1 Å². The number of rotatable bonds is 1. The zero-order chi connectivity index (χ0) is 12.5. The topological polar surface area (TPSA) is 54.3 Å². The number of hydrogen-bond acceptors (Lipinski definition) is 3. The van der Waals surface area contributed by atoms with E-state index in [0.29, 0.717) is 11.0 Å². The molecule has 2 aromatic heterocycles. The van der Waals surface area contributed by atoms with Gasteiger partial charge in [0.25, 0.3) is 0 Å². The molecule has 4 nitrogen and oxygen atoms in total. The van der Waals surface area contributed by atoms with Crippen molar-refractivity contribution < 1.29 is 14.1 Å². The summed E-state index contributed by atoms with van der Waals surface area (Å²) in [4.78, 5) is 11.9. The molecule has 0 aliphatic carbocycles. The van der Waals surface area contributed by atoms with Gasteiger partial charge in [-0.05, 0) is 12.1 Å². The number of para-hydroxylation sites is 1. The van der Waals surface area contributed by atoms with E-state index in [1.165, 1.54) is 4.57 Å². The molecule has 0 bridgehead atoms. The van der Waals surface area contributed by atoms with E-state index < -0.39 is 5.63 Å².